The standard InChI is InChI=1S/C13H17N5O2S/c1-7(2)18-12(19)15-16-13(18)21-10-6-8(3)4-5-9(10)11(14)17-20/h4-7,20H,1-3H3,(H2,14,17)(H,15,19). The second-order valence-electron chi connectivity index (χ2n) is 4.86. The van der Waals surface area contributed by atoms with Crippen molar-refractivity contribution in [1.29, 1.82) is 0 Å². The Hall–Kier alpha value is -2.22. The minimum atomic E-state index is -0.259. The number of oxime groups is 1. The number of H-pyrrole nitrogens is 1. The van der Waals surface area contributed by atoms with E-state index in [1.165, 1.54) is 11.8 Å². The first-order valence-corrected chi connectivity index (χ1v) is 7.19. The molecule has 4 N–H and O–H groups in total. The fraction of sp³-hybridized carbons (Fsp3) is 0.308. The molecular weight excluding hydrogens is 290 g/mol. The number of aryl methyl sites for hydroxylation is 1. The van der Waals surface area contributed by atoms with Crippen LogP contribution in [0.1, 0.15) is 31.0 Å². The summed E-state index contributed by atoms with van der Waals surface area (Å²) in [6.45, 7) is 5.75. The minimum absolute atomic E-state index is 0.0177. The van der Waals surface area contributed by atoms with Crippen molar-refractivity contribution in [1.82, 2.24) is 14.8 Å². The summed E-state index contributed by atoms with van der Waals surface area (Å²) in [5, 5.41) is 18.9. The Balaban J connectivity index is 2.49. The number of hydrogen-bond acceptors (Lipinski definition) is 5. The molecule has 1 aromatic carbocycles. The lowest BCUT2D eigenvalue weighted by Gasteiger charge is -2.11. The maximum atomic E-state index is 11.8. The molecule has 0 atom stereocenters. The maximum absolute atomic E-state index is 11.8. The number of rotatable bonds is 4. The van der Waals surface area contributed by atoms with E-state index in [1.54, 1.807) is 10.6 Å². The highest BCUT2D eigenvalue weighted by Crippen LogP contribution is 2.30. The molecule has 0 spiro atoms. The summed E-state index contributed by atoms with van der Waals surface area (Å²) in [4.78, 5) is 12.5. The topological polar surface area (TPSA) is 109 Å². The van der Waals surface area contributed by atoms with Crippen LogP contribution in [-0.4, -0.2) is 25.8 Å². The van der Waals surface area contributed by atoms with E-state index in [9.17, 15) is 4.79 Å². The zero-order valence-corrected chi connectivity index (χ0v) is 12.8. The molecule has 0 bridgehead atoms. The maximum Gasteiger partial charge on any atom is 0.344 e. The van der Waals surface area contributed by atoms with Crippen LogP contribution in [0, 0.1) is 6.92 Å². The highest BCUT2D eigenvalue weighted by Gasteiger charge is 2.16. The molecule has 2 rings (SSSR count). The third-order valence-corrected chi connectivity index (χ3v) is 3.94. The highest BCUT2D eigenvalue weighted by atomic mass is 32.2. The van der Waals surface area contributed by atoms with Crippen LogP contribution in [0.2, 0.25) is 0 Å². The van der Waals surface area contributed by atoms with E-state index < -0.39 is 0 Å². The summed E-state index contributed by atoms with van der Waals surface area (Å²) in [5.41, 5.74) is 7.06. The average Bonchev–Trinajstić information content (AvgIpc) is 2.79. The number of nitrogens with one attached hydrogen (secondary N) is 1. The van der Waals surface area contributed by atoms with Crippen molar-refractivity contribution in [2.45, 2.75) is 36.9 Å². The van der Waals surface area contributed by atoms with E-state index in [-0.39, 0.29) is 17.6 Å². The molecule has 0 saturated carbocycles. The molecule has 1 aromatic heterocycles. The summed E-state index contributed by atoms with van der Waals surface area (Å²) >= 11 is 1.30. The zero-order chi connectivity index (χ0) is 15.6. The van der Waals surface area contributed by atoms with E-state index in [2.05, 4.69) is 15.4 Å². The van der Waals surface area contributed by atoms with Gasteiger partial charge in [0.2, 0.25) is 0 Å². The highest BCUT2D eigenvalue weighted by molar-refractivity contribution is 7.99. The Kier molecular flexibility index (Phi) is 4.37. The molecule has 0 amide bonds. The predicted octanol–water partition coefficient (Wildman–Crippen LogP) is 1.71. The molecule has 0 aliphatic heterocycles. The van der Waals surface area contributed by atoms with Crippen LogP contribution in [-0.2, 0) is 0 Å². The van der Waals surface area contributed by atoms with E-state index in [0.29, 0.717) is 10.7 Å². The van der Waals surface area contributed by atoms with Crippen LogP contribution in [0.15, 0.2) is 38.2 Å². The van der Waals surface area contributed by atoms with Gasteiger partial charge in [-0.25, -0.2) is 9.89 Å². The van der Waals surface area contributed by atoms with Gasteiger partial charge in [0.15, 0.2) is 11.0 Å². The van der Waals surface area contributed by atoms with Crippen molar-refractivity contribution in [3.8, 4) is 0 Å². The quantitative estimate of drug-likeness (QED) is 0.345. The molecule has 0 aliphatic carbocycles. The first-order valence-electron chi connectivity index (χ1n) is 6.37. The molecule has 21 heavy (non-hydrogen) atoms. The first kappa shape index (κ1) is 15.2. The van der Waals surface area contributed by atoms with Crippen molar-refractivity contribution >= 4 is 17.6 Å². The Morgan fingerprint density at radius 1 is 1.52 bits per heavy atom. The summed E-state index contributed by atoms with van der Waals surface area (Å²) in [6, 6.07) is 5.53. The molecule has 2 aromatic rings. The van der Waals surface area contributed by atoms with Crippen molar-refractivity contribution in [2.75, 3.05) is 0 Å². The Morgan fingerprint density at radius 2 is 2.24 bits per heavy atom. The molecular formula is C13H17N5O2S. The SMILES string of the molecule is Cc1ccc(C(N)=NO)c(Sc2n[nH]c(=O)n2C(C)C)c1. The molecule has 0 radical (unpaired) electrons. The number of amidine groups is 1. The lowest BCUT2D eigenvalue weighted by molar-refractivity contribution is 0.318. The normalized spacial score (nSPS) is 12.1. The van der Waals surface area contributed by atoms with Gasteiger partial charge in [-0.05, 0) is 50.2 Å². The van der Waals surface area contributed by atoms with Crippen molar-refractivity contribution in [2.24, 2.45) is 10.9 Å². The molecule has 8 heteroatoms. The largest absolute Gasteiger partial charge is 0.409 e. The van der Waals surface area contributed by atoms with Crippen LogP contribution in [0.4, 0.5) is 0 Å². The lowest BCUT2D eigenvalue weighted by Crippen LogP contribution is -2.19. The predicted molar refractivity (Wildman–Crippen MR) is 81.0 cm³/mol. The number of aromatic nitrogens is 3. The number of benzene rings is 1. The van der Waals surface area contributed by atoms with Crippen LogP contribution >= 0.6 is 11.8 Å². The van der Waals surface area contributed by atoms with Gasteiger partial charge in [-0.2, -0.15) is 0 Å². The number of nitrogens with two attached hydrogens (primary N) is 1. The Morgan fingerprint density at radius 3 is 2.86 bits per heavy atom. The van der Waals surface area contributed by atoms with Crippen molar-refractivity contribution < 1.29 is 5.21 Å². The Labute approximate surface area is 125 Å². The first-order chi connectivity index (χ1) is 9.93. The van der Waals surface area contributed by atoms with Gasteiger partial charge < -0.3 is 10.9 Å². The van der Waals surface area contributed by atoms with Crippen LogP contribution < -0.4 is 11.4 Å². The molecule has 0 saturated heterocycles. The summed E-state index contributed by atoms with van der Waals surface area (Å²) in [6.07, 6.45) is 0. The van der Waals surface area contributed by atoms with E-state index in [4.69, 9.17) is 10.9 Å². The lowest BCUT2D eigenvalue weighted by atomic mass is 10.1. The molecule has 0 fully saturated rings. The monoisotopic (exact) mass is 307 g/mol. The van der Waals surface area contributed by atoms with Crippen LogP contribution in [0.3, 0.4) is 0 Å². The van der Waals surface area contributed by atoms with Gasteiger partial charge in [0.05, 0.1) is 0 Å². The number of nitrogens with zero attached hydrogens (tertiary/aromatic N) is 3. The van der Waals surface area contributed by atoms with Crippen LogP contribution in [0.25, 0.3) is 0 Å². The third kappa shape index (κ3) is 3.10. The fourth-order valence-electron chi connectivity index (χ4n) is 1.90. The smallest absolute Gasteiger partial charge is 0.344 e. The molecule has 0 unspecified atom stereocenters. The van der Waals surface area contributed by atoms with Gasteiger partial charge in [-0.3, -0.25) is 4.57 Å². The van der Waals surface area contributed by atoms with Gasteiger partial charge in [-0.1, -0.05) is 11.2 Å². The van der Waals surface area contributed by atoms with Crippen molar-refractivity contribution in [3.63, 3.8) is 0 Å². The third-order valence-electron chi connectivity index (χ3n) is 2.91. The fourth-order valence-corrected chi connectivity index (χ4v) is 3.10. The zero-order valence-electron chi connectivity index (χ0n) is 12.0. The van der Waals surface area contributed by atoms with Gasteiger partial charge in [-0.15, -0.1) is 5.10 Å². The average molecular weight is 307 g/mol. The molecule has 1 heterocycles. The number of hydrogen-bond donors (Lipinski definition) is 3. The summed E-state index contributed by atoms with van der Waals surface area (Å²) in [7, 11) is 0. The van der Waals surface area contributed by atoms with E-state index >= 15 is 0 Å². The molecule has 112 valence electrons. The van der Waals surface area contributed by atoms with Crippen molar-refractivity contribution in [3.05, 3.63) is 39.8 Å². The Bertz CT molecular complexity index is 732. The van der Waals surface area contributed by atoms with Crippen LogP contribution in [0.5, 0.6) is 0 Å². The van der Waals surface area contributed by atoms with Gasteiger partial charge in [0, 0.05) is 16.5 Å². The van der Waals surface area contributed by atoms with E-state index in [1.807, 2.05) is 32.9 Å². The van der Waals surface area contributed by atoms with Gasteiger partial charge in [0.1, 0.15) is 0 Å². The van der Waals surface area contributed by atoms with E-state index in [0.717, 1.165) is 10.5 Å². The summed E-state index contributed by atoms with van der Waals surface area (Å²) in [5.74, 6) is 0.0199. The minimum Gasteiger partial charge on any atom is -0.409 e. The number of aromatic amines is 1. The van der Waals surface area contributed by atoms with Gasteiger partial charge >= 0.3 is 5.69 Å². The second kappa shape index (κ2) is 6.04. The second-order valence-corrected chi connectivity index (χ2v) is 5.87. The summed E-state index contributed by atoms with van der Waals surface area (Å²) < 4.78 is 1.56. The van der Waals surface area contributed by atoms with Gasteiger partial charge in [0.25, 0.3) is 0 Å². The molecule has 7 nitrogen and oxygen atoms in total. The molecule has 0 aliphatic rings.